The number of aromatic nitrogens is 2. The maximum absolute atomic E-state index is 13.9. The molecule has 2 aromatic carbocycles. The van der Waals surface area contributed by atoms with Gasteiger partial charge in [-0.25, -0.2) is 13.5 Å². The highest BCUT2D eigenvalue weighted by molar-refractivity contribution is 7.81. The van der Waals surface area contributed by atoms with Crippen molar-refractivity contribution in [3.63, 3.8) is 0 Å². The van der Waals surface area contributed by atoms with Gasteiger partial charge in [0.25, 0.3) is 11.8 Å². The average Bonchev–Trinajstić information content (AvgIpc) is 3.80. The Balaban J connectivity index is 1.36. The van der Waals surface area contributed by atoms with Crippen molar-refractivity contribution >= 4 is 45.5 Å². The van der Waals surface area contributed by atoms with Crippen molar-refractivity contribution in [2.75, 3.05) is 41.8 Å². The number of oxazole rings is 1. The molecule has 3 atom stereocenters. The number of hydrogen-bond donors (Lipinski definition) is 1. The largest absolute Gasteiger partial charge is 0.497 e. The molecule has 3 unspecified atom stereocenters. The molecule has 4 aromatic rings. The first-order valence-corrected chi connectivity index (χ1v) is 19.0. The van der Waals surface area contributed by atoms with E-state index in [2.05, 4.69) is 33.3 Å². The van der Waals surface area contributed by atoms with Crippen LogP contribution in [-0.2, 0) is 17.7 Å². The number of amides is 2. The van der Waals surface area contributed by atoms with Crippen molar-refractivity contribution in [2.45, 2.75) is 76.4 Å². The quantitative estimate of drug-likeness (QED) is 0.216. The number of likely N-dealkylation sites (tertiary alicyclic amines) is 1. The lowest BCUT2D eigenvalue weighted by atomic mass is 9.81. The number of likely N-dealkylation sites (N-methyl/N-ethyl adjacent to an activating group) is 1. The number of benzene rings is 2. The van der Waals surface area contributed by atoms with Crippen molar-refractivity contribution in [3.8, 4) is 17.0 Å². The number of carbonyl (C=O) groups excluding carboxylic acids is 2. The fourth-order valence-electron chi connectivity index (χ4n) is 8.23. The lowest BCUT2D eigenvalue weighted by Crippen LogP contribution is -2.44. The summed E-state index contributed by atoms with van der Waals surface area (Å²) in [7, 11) is 9.03. The minimum Gasteiger partial charge on any atom is -0.497 e. The molecule has 1 N–H and O–H groups in total. The van der Waals surface area contributed by atoms with Gasteiger partial charge in [0.1, 0.15) is 12.0 Å². The minimum atomic E-state index is -1.66. The van der Waals surface area contributed by atoms with Crippen LogP contribution in [0.2, 0.25) is 0 Å². The first-order chi connectivity index (χ1) is 24.5. The molecular formula is C39H48N6O5S. The van der Waals surface area contributed by atoms with Gasteiger partial charge < -0.3 is 23.5 Å². The molecular weight excluding hydrogens is 665 g/mol. The van der Waals surface area contributed by atoms with Gasteiger partial charge in [-0.3, -0.25) is 14.3 Å². The van der Waals surface area contributed by atoms with Gasteiger partial charge in [0.2, 0.25) is 5.89 Å². The second-order valence-corrected chi connectivity index (χ2v) is 16.1. The number of fused-ring (bicyclic) bond motifs is 5. The fourth-order valence-corrected chi connectivity index (χ4v) is 8.69. The molecule has 4 heterocycles. The summed E-state index contributed by atoms with van der Waals surface area (Å²) in [5, 5.41) is 1.10. The number of nitrogens with zero attached hydrogens (tertiary/aromatic N) is 5. The second-order valence-electron chi connectivity index (χ2n) is 14.6. The molecule has 0 radical (unpaired) electrons. The molecule has 2 aliphatic heterocycles. The summed E-state index contributed by atoms with van der Waals surface area (Å²) in [4.78, 5) is 36.2. The van der Waals surface area contributed by atoms with Crippen LogP contribution in [-0.4, -0.2) is 93.6 Å². The average molecular weight is 713 g/mol. The summed E-state index contributed by atoms with van der Waals surface area (Å²) in [6.07, 6.45) is 11.3. The third kappa shape index (κ3) is 6.76. The van der Waals surface area contributed by atoms with Crippen molar-refractivity contribution in [1.29, 1.82) is 0 Å². The maximum Gasteiger partial charge on any atom is 0.276 e. The molecule has 3 aliphatic rings. The van der Waals surface area contributed by atoms with Crippen LogP contribution in [0.4, 0.5) is 0 Å². The molecule has 2 amide bonds. The van der Waals surface area contributed by atoms with E-state index in [4.69, 9.17) is 14.1 Å². The number of ether oxygens (including phenoxy) is 1. The highest BCUT2D eigenvalue weighted by Gasteiger charge is 2.37. The van der Waals surface area contributed by atoms with E-state index in [1.807, 2.05) is 49.3 Å². The Morgan fingerprint density at radius 1 is 1.04 bits per heavy atom. The predicted octanol–water partition coefficient (Wildman–Crippen LogP) is 6.33. The molecule has 1 saturated heterocycles. The van der Waals surface area contributed by atoms with Crippen molar-refractivity contribution in [2.24, 2.45) is 0 Å². The topological polar surface area (TPSA) is 113 Å². The Hall–Kier alpha value is -4.26. The third-order valence-electron chi connectivity index (χ3n) is 10.7. The SMILES string of the molecule is COc1ccc2c(c1)C=C(c1nc(C(=O)N3C(C)CCC3CN(C)C)co1)Cn1c-2c(C2CCCCC2)c2ccc(C(=O)NS(=O)N(C)C)cc21. The van der Waals surface area contributed by atoms with Crippen molar-refractivity contribution in [3.05, 3.63) is 70.9 Å². The van der Waals surface area contributed by atoms with Crippen LogP contribution in [0.3, 0.4) is 0 Å². The molecule has 2 fully saturated rings. The molecule has 270 valence electrons. The fraction of sp³-hybridized carbons (Fsp3) is 0.462. The summed E-state index contributed by atoms with van der Waals surface area (Å²) in [6.45, 7) is 3.30. The smallest absolute Gasteiger partial charge is 0.276 e. The van der Waals surface area contributed by atoms with E-state index in [-0.39, 0.29) is 18.0 Å². The van der Waals surface area contributed by atoms with Crippen LogP contribution in [0, 0.1) is 0 Å². The zero-order valence-electron chi connectivity index (χ0n) is 30.4. The Bertz CT molecular complexity index is 2020. The maximum atomic E-state index is 13.9. The molecule has 1 aliphatic carbocycles. The highest BCUT2D eigenvalue weighted by Crippen LogP contribution is 2.47. The first kappa shape index (κ1) is 35.2. The lowest BCUT2D eigenvalue weighted by Gasteiger charge is -2.29. The van der Waals surface area contributed by atoms with E-state index < -0.39 is 17.1 Å². The zero-order chi connectivity index (χ0) is 36.0. The van der Waals surface area contributed by atoms with Gasteiger partial charge in [-0.2, -0.15) is 0 Å². The first-order valence-electron chi connectivity index (χ1n) is 17.9. The van der Waals surface area contributed by atoms with E-state index in [1.165, 1.54) is 35.4 Å². The van der Waals surface area contributed by atoms with Crippen LogP contribution in [0.5, 0.6) is 5.75 Å². The number of methoxy groups -OCH3 is 1. The summed E-state index contributed by atoms with van der Waals surface area (Å²) in [5.41, 5.74) is 6.85. The Labute approximate surface area is 302 Å². The number of hydrogen-bond acceptors (Lipinski definition) is 7. The van der Waals surface area contributed by atoms with Gasteiger partial charge in [-0.1, -0.05) is 25.3 Å². The van der Waals surface area contributed by atoms with Gasteiger partial charge in [0.05, 0.1) is 19.3 Å². The summed E-state index contributed by atoms with van der Waals surface area (Å²) in [5.74, 6) is 0.952. The summed E-state index contributed by atoms with van der Waals surface area (Å²) in [6, 6.07) is 12.2. The molecule has 1 saturated carbocycles. The monoisotopic (exact) mass is 712 g/mol. The van der Waals surface area contributed by atoms with Gasteiger partial charge >= 0.3 is 0 Å². The van der Waals surface area contributed by atoms with Crippen LogP contribution in [0.1, 0.15) is 95.7 Å². The molecule has 11 nitrogen and oxygen atoms in total. The molecule has 51 heavy (non-hydrogen) atoms. The van der Waals surface area contributed by atoms with Gasteiger partial charge in [-0.05, 0) is 100 Å². The molecule has 7 rings (SSSR count). The van der Waals surface area contributed by atoms with Crippen molar-refractivity contribution in [1.82, 2.24) is 28.4 Å². The second kappa shape index (κ2) is 14.4. The number of allylic oxidation sites excluding steroid dienone is 1. The summed E-state index contributed by atoms with van der Waals surface area (Å²) < 4.78 is 30.7. The van der Waals surface area contributed by atoms with E-state index in [1.54, 1.807) is 21.2 Å². The van der Waals surface area contributed by atoms with E-state index in [0.29, 0.717) is 29.6 Å². The minimum absolute atomic E-state index is 0.115. The number of nitrogens with one attached hydrogen (secondary N) is 1. The van der Waals surface area contributed by atoms with Gasteiger partial charge in [0, 0.05) is 60.3 Å². The number of carbonyl (C=O) groups is 2. The molecule has 2 aromatic heterocycles. The predicted molar refractivity (Wildman–Crippen MR) is 201 cm³/mol. The zero-order valence-corrected chi connectivity index (χ0v) is 31.2. The van der Waals surface area contributed by atoms with Crippen LogP contribution >= 0.6 is 0 Å². The van der Waals surface area contributed by atoms with Gasteiger partial charge in [0.15, 0.2) is 16.9 Å². The Morgan fingerprint density at radius 3 is 2.55 bits per heavy atom. The van der Waals surface area contributed by atoms with Crippen LogP contribution in [0.15, 0.2) is 47.1 Å². The third-order valence-corrected chi connectivity index (χ3v) is 11.7. The van der Waals surface area contributed by atoms with E-state index in [9.17, 15) is 13.8 Å². The Kier molecular flexibility index (Phi) is 9.93. The molecule has 0 spiro atoms. The lowest BCUT2D eigenvalue weighted by molar-refractivity contribution is 0.0650. The molecule has 0 bridgehead atoms. The van der Waals surface area contributed by atoms with Crippen LogP contribution in [0.25, 0.3) is 33.8 Å². The number of rotatable bonds is 9. The molecule has 12 heteroatoms. The van der Waals surface area contributed by atoms with Crippen LogP contribution < -0.4 is 9.46 Å². The Morgan fingerprint density at radius 2 is 1.82 bits per heavy atom. The standard InChI is InChI=1S/C39H48N6O5S/c1-24-12-14-29(22-42(2)3)45(24)39(47)33-23-50-38(40-33)28-18-27-19-30(49-6)15-17-31(27)36-35(25-10-8-7-9-11-25)32-16-13-26(20-34(32)44(36)21-28)37(46)41-51(48)43(4)5/h13,15-20,23-25,29H,7-12,14,21-22H2,1-6H3,(H,41,46). The van der Waals surface area contributed by atoms with E-state index >= 15 is 0 Å². The normalized spacial score (nSPS) is 19.9. The van der Waals surface area contributed by atoms with E-state index in [0.717, 1.165) is 71.3 Å². The highest BCUT2D eigenvalue weighted by atomic mass is 32.2. The van der Waals surface area contributed by atoms with Crippen molar-refractivity contribution < 1.29 is 23.0 Å². The summed E-state index contributed by atoms with van der Waals surface area (Å²) >= 11 is -1.66. The van der Waals surface area contributed by atoms with Gasteiger partial charge in [-0.15, -0.1) is 0 Å².